The molecule has 1 aromatic heterocycles. The van der Waals surface area contributed by atoms with Crippen molar-refractivity contribution in [2.75, 3.05) is 13.1 Å². The number of rotatable bonds is 5. The number of thiol groups is 1. The van der Waals surface area contributed by atoms with Crippen molar-refractivity contribution in [2.45, 2.75) is 33.6 Å². The minimum absolute atomic E-state index is 0.798. The molecule has 1 aromatic carbocycles. The van der Waals surface area contributed by atoms with Crippen LogP contribution in [0, 0.1) is 5.92 Å². The van der Waals surface area contributed by atoms with E-state index in [-0.39, 0.29) is 0 Å². The quantitative estimate of drug-likeness (QED) is 0.791. The lowest BCUT2D eigenvalue weighted by atomic mass is 10.1. The lowest BCUT2D eigenvalue weighted by molar-refractivity contribution is 0.423. The fourth-order valence-corrected chi connectivity index (χ4v) is 2.57. The van der Waals surface area contributed by atoms with Crippen LogP contribution in [0.2, 0.25) is 0 Å². The monoisotopic (exact) mass is 296 g/mol. The number of para-hydroxylation sites is 1. The Morgan fingerprint density at radius 1 is 1.26 bits per heavy atom. The van der Waals surface area contributed by atoms with E-state index in [9.17, 15) is 0 Å². The Morgan fingerprint density at radius 2 is 2.00 bits per heavy atom. The fraction of sp³-hybridized carbons (Fsp3) is 0.533. The first-order chi connectivity index (χ1) is 9.13. The molecule has 2 rings (SSSR count). The van der Waals surface area contributed by atoms with Gasteiger partial charge in [-0.25, -0.2) is 4.98 Å². The Kier molecular flexibility index (Phi) is 8.10. The van der Waals surface area contributed by atoms with Crippen molar-refractivity contribution in [3.63, 3.8) is 0 Å². The molecule has 0 saturated carbocycles. The van der Waals surface area contributed by atoms with E-state index in [1.807, 2.05) is 23.7 Å². The first-order valence-electron chi connectivity index (χ1n) is 6.85. The number of thiazole rings is 1. The van der Waals surface area contributed by atoms with Gasteiger partial charge in [-0.2, -0.15) is 0 Å². The summed E-state index contributed by atoms with van der Waals surface area (Å²) in [5.41, 5.74) is 2.97. The molecule has 106 valence electrons. The Labute approximate surface area is 126 Å². The first-order valence-corrected chi connectivity index (χ1v) is 8.13. The zero-order valence-corrected chi connectivity index (χ0v) is 13.8. The molecule has 0 aliphatic carbocycles. The number of nitrogens with zero attached hydrogens (tertiary/aromatic N) is 2. The average molecular weight is 297 g/mol. The van der Waals surface area contributed by atoms with Gasteiger partial charge in [0.1, 0.15) is 0 Å². The third-order valence-electron chi connectivity index (χ3n) is 2.68. The number of hydrogen-bond acceptors (Lipinski definition) is 4. The molecule has 2 nitrogen and oxygen atoms in total. The van der Waals surface area contributed by atoms with Gasteiger partial charge in [0, 0.05) is 13.1 Å². The SMILES string of the molecule is CCCN(S)CCC(C)C.c1ccc2scnc2c1. The highest BCUT2D eigenvalue weighted by Gasteiger charge is 1.98. The van der Waals surface area contributed by atoms with E-state index in [4.69, 9.17) is 0 Å². The molecule has 0 aliphatic rings. The van der Waals surface area contributed by atoms with Crippen LogP contribution in [-0.4, -0.2) is 22.4 Å². The van der Waals surface area contributed by atoms with E-state index in [0.717, 1.165) is 24.5 Å². The van der Waals surface area contributed by atoms with Crippen LogP contribution >= 0.6 is 24.2 Å². The second-order valence-corrected chi connectivity index (χ2v) is 6.41. The van der Waals surface area contributed by atoms with Crippen LogP contribution in [0.25, 0.3) is 10.2 Å². The Bertz CT molecular complexity index is 424. The minimum atomic E-state index is 0.798. The minimum Gasteiger partial charge on any atom is -0.253 e. The van der Waals surface area contributed by atoms with Crippen molar-refractivity contribution in [1.82, 2.24) is 9.29 Å². The Morgan fingerprint density at radius 3 is 2.63 bits per heavy atom. The number of hydrogen-bond donors (Lipinski definition) is 1. The molecular formula is C15H24N2S2. The van der Waals surface area contributed by atoms with Gasteiger partial charge in [-0.1, -0.05) is 45.7 Å². The molecule has 0 atom stereocenters. The molecule has 4 heteroatoms. The standard InChI is InChI=1S/C8H19NS.C7H5NS/c1-4-6-9(10)7-5-8(2)3;1-2-4-7-6(3-1)8-5-9-7/h8,10H,4-7H2,1-3H3;1-5H. The molecule has 0 fully saturated rings. The van der Waals surface area contributed by atoms with Crippen molar-refractivity contribution in [3.8, 4) is 0 Å². The van der Waals surface area contributed by atoms with Crippen LogP contribution in [0.1, 0.15) is 33.6 Å². The molecule has 0 aliphatic heterocycles. The second kappa shape index (κ2) is 9.34. The van der Waals surface area contributed by atoms with Crippen molar-refractivity contribution >= 4 is 34.4 Å². The summed E-state index contributed by atoms with van der Waals surface area (Å²) in [6.45, 7) is 8.89. The molecule has 0 radical (unpaired) electrons. The lowest BCUT2D eigenvalue weighted by Gasteiger charge is -2.14. The molecule has 0 saturated heterocycles. The van der Waals surface area contributed by atoms with E-state index in [0.29, 0.717) is 0 Å². The summed E-state index contributed by atoms with van der Waals surface area (Å²) in [7, 11) is 0. The number of fused-ring (bicyclic) bond motifs is 1. The van der Waals surface area contributed by atoms with Gasteiger partial charge in [-0.15, -0.1) is 11.3 Å². The molecule has 0 amide bonds. The van der Waals surface area contributed by atoms with Crippen molar-refractivity contribution in [2.24, 2.45) is 5.92 Å². The summed E-state index contributed by atoms with van der Waals surface area (Å²) in [6.07, 6.45) is 2.45. The van der Waals surface area contributed by atoms with Crippen molar-refractivity contribution in [1.29, 1.82) is 0 Å². The van der Waals surface area contributed by atoms with Crippen LogP contribution < -0.4 is 0 Å². The van der Waals surface area contributed by atoms with Gasteiger partial charge in [0.2, 0.25) is 0 Å². The molecule has 1 heterocycles. The maximum absolute atomic E-state index is 4.32. The molecule has 0 spiro atoms. The molecule has 0 bridgehead atoms. The van der Waals surface area contributed by atoms with E-state index in [1.165, 1.54) is 17.5 Å². The van der Waals surface area contributed by atoms with Gasteiger partial charge in [-0.05, 0) is 30.9 Å². The predicted octanol–water partition coefficient (Wildman–Crippen LogP) is 4.89. The molecular weight excluding hydrogens is 272 g/mol. The molecule has 19 heavy (non-hydrogen) atoms. The third kappa shape index (κ3) is 6.95. The summed E-state index contributed by atoms with van der Waals surface area (Å²) in [5, 5.41) is 0. The van der Waals surface area contributed by atoms with Gasteiger partial charge in [0.05, 0.1) is 15.7 Å². The zero-order chi connectivity index (χ0) is 14.1. The van der Waals surface area contributed by atoms with Crippen LogP contribution in [-0.2, 0) is 0 Å². The summed E-state index contributed by atoms with van der Waals surface area (Å²) in [5.74, 6) is 0.798. The number of benzene rings is 1. The normalized spacial score (nSPS) is 10.8. The van der Waals surface area contributed by atoms with E-state index in [2.05, 4.69) is 48.9 Å². The number of aromatic nitrogens is 1. The first kappa shape index (κ1) is 16.5. The average Bonchev–Trinajstić information content (AvgIpc) is 2.86. The fourth-order valence-electron chi connectivity index (χ4n) is 1.58. The van der Waals surface area contributed by atoms with E-state index < -0.39 is 0 Å². The van der Waals surface area contributed by atoms with Gasteiger partial charge >= 0.3 is 0 Å². The van der Waals surface area contributed by atoms with Crippen molar-refractivity contribution in [3.05, 3.63) is 29.8 Å². The summed E-state index contributed by atoms with van der Waals surface area (Å²) in [4.78, 5) is 4.14. The van der Waals surface area contributed by atoms with Crippen LogP contribution in [0.3, 0.4) is 0 Å². The summed E-state index contributed by atoms with van der Waals surface area (Å²) >= 11 is 5.99. The highest BCUT2D eigenvalue weighted by atomic mass is 32.1. The molecule has 0 N–H and O–H groups in total. The summed E-state index contributed by atoms with van der Waals surface area (Å²) in [6, 6.07) is 8.13. The largest absolute Gasteiger partial charge is 0.253 e. The topological polar surface area (TPSA) is 16.1 Å². The van der Waals surface area contributed by atoms with E-state index in [1.54, 1.807) is 11.3 Å². The van der Waals surface area contributed by atoms with Crippen molar-refractivity contribution < 1.29 is 0 Å². The van der Waals surface area contributed by atoms with E-state index >= 15 is 0 Å². The van der Waals surface area contributed by atoms with Crippen LogP contribution in [0.15, 0.2) is 29.8 Å². The predicted molar refractivity (Wildman–Crippen MR) is 89.9 cm³/mol. The van der Waals surface area contributed by atoms with Crippen LogP contribution in [0.4, 0.5) is 0 Å². The van der Waals surface area contributed by atoms with Gasteiger partial charge in [-0.3, -0.25) is 4.31 Å². The lowest BCUT2D eigenvalue weighted by Crippen LogP contribution is -2.15. The third-order valence-corrected chi connectivity index (χ3v) is 3.89. The Balaban J connectivity index is 0.000000190. The maximum Gasteiger partial charge on any atom is 0.0812 e. The van der Waals surface area contributed by atoms with Gasteiger partial charge in [0.15, 0.2) is 0 Å². The van der Waals surface area contributed by atoms with Gasteiger partial charge in [0.25, 0.3) is 0 Å². The maximum atomic E-state index is 4.32. The molecule has 0 unspecified atom stereocenters. The highest BCUT2D eigenvalue weighted by molar-refractivity contribution is 7.77. The molecule has 2 aromatic rings. The smallest absolute Gasteiger partial charge is 0.0812 e. The second-order valence-electron chi connectivity index (χ2n) is 4.96. The highest BCUT2D eigenvalue weighted by Crippen LogP contribution is 2.15. The Hall–Kier alpha value is -0.580. The van der Waals surface area contributed by atoms with Crippen LogP contribution in [0.5, 0.6) is 0 Å². The zero-order valence-electron chi connectivity index (χ0n) is 12.0. The van der Waals surface area contributed by atoms with Gasteiger partial charge < -0.3 is 0 Å². The summed E-state index contributed by atoms with van der Waals surface area (Å²) < 4.78 is 3.36.